The van der Waals surface area contributed by atoms with Crippen molar-refractivity contribution in [2.45, 2.75) is 30.8 Å². The predicted molar refractivity (Wildman–Crippen MR) is 149 cm³/mol. The molecule has 1 amide bonds. The van der Waals surface area contributed by atoms with Gasteiger partial charge < -0.3 is 4.90 Å². The summed E-state index contributed by atoms with van der Waals surface area (Å²) in [6.45, 7) is 4.19. The number of benzene rings is 4. The van der Waals surface area contributed by atoms with E-state index in [4.69, 9.17) is 0 Å². The van der Waals surface area contributed by atoms with E-state index in [1.807, 2.05) is 77.7 Å². The van der Waals surface area contributed by atoms with Crippen LogP contribution < -0.4 is 0 Å². The smallest absolute Gasteiger partial charge is 0.242 e. The zero-order valence-corrected chi connectivity index (χ0v) is 20.8. The molecule has 1 aliphatic rings. The van der Waals surface area contributed by atoms with E-state index in [0.717, 1.165) is 22.3 Å². The molecule has 0 aliphatic carbocycles. The molecule has 2 nitrogen and oxygen atoms in total. The van der Waals surface area contributed by atoms with Crippen molar-refractivity contribution in [2.75, 3.05) is 0 Å². The first-order valence-corrected chi connectivity index (χ1v) is 12.5. The number of rotatable bonds is 7. The number of hydrogen-bond acceptors (Lipinski definition) is 1. The Morgan fingerprint density at radius 1 is 0.583 bits per heavy atom. The fourth-order valence-corrected chi connectivity index (χ4v) is 5.60. The number of amides is 1. The molecule has 36 heavy (non-hydrogen) atoms. The van der Waals surface area contributed by atoms with Gasteiger partial charge in [-0.2, -0.15) is 0 Å². The molecule has 2 heteroatoms. The second kappa shape index (κ2) is 9.83. The van der Waals surface area contributed by atoms with Crippen LogP contribution in [-0.4, -0.2) is 22.4 Å². The van der Waals surface area contributed by atoms with Gasteiger partial charge in [-0.25, -0.2) is 0 Å². The van der Waals surface area contributed by atoms with Gasteiger partial charge in [-0.05, 0) is 36.1 Å². The Morgan fingerprint density at radius 2 is 0.944 bits per heavy atom. The van der Waals surface area contributed by atoms with Gasteiger partial charge in [0.1, 0.15) is 11.0 Å². The normalized spacial score (nSPS) is 16.5. The third-order valence-electron chi connectivity index (χ3n) is 7.13. The van der Waals surface area contributed by atoms with Gasteiger partial charge in [-0.1, -0.05) is 146 Å². The average Bonchev–Trinajstić information content (AvgIpc) is 2.92. The summed E-state index contributed by atoms with van der Waals surface area (Å²) >= 11 is 0. The lowest BCUT2D eigenvalue weighted by Crippen LogP contribution is -2.80. The first-order chi connectivity index (χ1) is 17.6. The van der Waals surface area contributed by atoms with Crippen LogP contribution in [0, 0.1) is 0 Å². The molecular formula is C34H31NO. The van der Waals surface area contributed by atoms with Crippen molar-refractivity contribution >= 4 is 18.1 Å². The maximum Gasteiger partial charge on any atom is 0.242 e. The van der Waals surface area contributed by atoms with E-state index < -0.39 is 11.0 Å². The summed E-state index contributed by atoms with van der Waals surface area (Å²) in [5.74, 6) is 0.116. The molecule has 1 heterocycles. The van der Waals surface area contributed by atoms with Gasteiger partial charge in [0.25, 0.3) is 0 Å². The van der Waals surface area contributed by atoms with E-state index in [1.54, 1.807) is 0 Å². The number of β-lactam (4-membered cyclic amide) rings is 1. The van der Waals surface area contributed by atoms with Crippen LogP contribution in [0.15, 0.2) is 133 Å². The highest BCUT2D eigenvalue weighted by Gasteiger charge is 2.70. The fraction of sp³-hybridized carbons (Fsp3) is 0.147. The van der Waals surface area contributed by atoms with Crippen LogP contribution in [0.3, 0.4) is 0 Å². The van der Waals surface area contributed by atoms with Crippen molar-refractivity contribution in [3.8, 4) is 0 Å². The second-order valence-corrected chi connectivity index (χ2v) is 9.56. The Labute approximate surface area is 214 Å². The minimum atomic E-state index is -0.893. The summed E-state index contributed by atoms with van der Waals surface area (Å²) in [4.78, 5) is 16.5. The van der Waals surface area contributed by atoms with Gasteiger partial charge in [-0.3, -0.25) is 4.79 Å². The van der Waals surface area contributed by atoms with Crippen molar-refractivity contribution in [1.82, 2.24) is 4.90 Å². The molecule has 0 atom stereocenters. The molecule has 0 saturated carbocycles. The van der Waals surface area contributed by atoms with Crippen LogP contribution in [0.4, 0.5) is 0 Å². The SMILES string of the molecule is CC(C)N1C(=O)C(c2ccccc2)(c2ccccc2)C1(/C=C/c1ccccc1)/C=C/c1ccccc1. The van der Waals surface area contributed by atoms with E-state index in [9.17, 15) is 4.79 Å². The van der Waals surface area contributed by atoms with Gasteiger partial charge >= 0.3 is 0 Å². The average molecular weight is 470 g/mol. The van der Waals surface area contributed by atoms with Crippen LogP contribution in [0.25, 0.3) is 12.2 Å². The summed E-state index contributed by atoms with van der Waals surface area (Å²) < 4.78 is 0. The third-order valence-corrected chi connectivity index (χ3v) is 7.13. The first-order valence-electron chi connectivity index (χ1n) is 12.5. The lowest BCUT2D eigenvalue weighted by molar-refractivity contribution is -0.165. The summed E-state index contributed by atoms with van der Waals surface area (Å²) in [6.07, 6.45) is 8.75. The number of nitrogens with zero attached hydrogens (tertiary/aromatic N) is 1. The maximum absolute atomic E-state index is 14.4. The Balaban J connectivity index is 1.82. The zero-order chi connectivity index (χ0) is 25.0. The molecule has 178 valence electrons. The number of carbonyl (C=O) groups excluding carboxylic acids is 1. The van der Waals surface area contributed by atoms with Gasteiger partial charge in [0.05, 0.1) is 0 Å². The van der Waals surface area contributed by atoms with Crippen LogP contribution >= 0.6 is 0 Å². The molecule has 0 bridgehead atoms. The predicted octanol–water partition coefficient (Wildman–Crippen LogP) is 7.39. The lowest BCUT2D eigenvalue weighted by atomic mass is 9.52. The van der Waals surface area contributed by atoms with Crippen molar-refractivity contribution in [3.05, 3.63) is 156 Å². The summed E-state index contributed by atoms with van der Waals surface area (Å²) in [7, 11) is 0. The van der Waals surface area contributed by atoms with E-state index in [-0.39, 0.29) is 11.9 Å². The molecule has 0 unspecified atom stereocenters. The molecule has 0 radical (unpaired) electrons. The van der Waals surface area contributed by atoms with E-state index in [0.29, 0.717) is 0 Å². The molecule has 1 fully saturated rings. The van der Waals surface area contributed by atoms with Crippen LogP contribution in [0.2, 0.25) is 0 Å². The third kappa shape index (κ3) is 3.79. The largest absolute Gasteiger partial charge is 0.325 e. The molecule has 4 aromatic rings. The topological polar surface area (TPSA) is 20.3 Å². The highest BCUT2D eigenvalue weighted by Crippen LogP contribution is 2.57. The molecule has 0 aromatic heterocycles. The minimum absolute atomic E-state index is 0.0129. The second-order valence-electron chi connectivity index (χ2n) is 9.56. The number of carbonyl (C=O) groups is 1. The van der Waals surface area contributed by atoms with Crippen molar-refractivity contribution in [1.29, 1.82) is 0 Å². The van der Waals surface area contributed by atoms with Crippen LogP contribution in [0.1, 0.15) is 36.1 Å². The van der Waals surface area contributed by atoms with E-state index in [1.165, 1.54) is 0 Å². The van der Waals surface area contributed by atoms with Gasteiger partial charge in [0, 0.05) is 6.04 Å². The van der Waals surface area contributed by atoms with Crippen molar-refractivity contribution in [3.63, 3.8) is 0 Å². The molecule has 1 aliphatic heterocycles. The highest BCUT2D eigenvalue weighted by molar-refractivity contribution is 6.04. The molecule has 4 aromatic carbocycles. The number of likely N-dealkylation sites (tertiary alicyclic amines) is 1. The van der Waals surface area contributed by atoms with Gasteiger partial charge in [0.2, 0.25) is 5.91 Å². The Morgan fingerprint density at radius 3 is 1.31 bits per heavy atom. The van der Waals surface area contributed by atoms with Gasteiger partial charge in [0.15, 0.2) is 0 Å². The standard InChI is InChI=1S/C34H31NO/c1-27(2)35-32(36)34(30-19-11-5-12-20-30,31-21-13-6-14-22-31)33(35,25-23-28-15-7-3-8-16-28)26-24-29-17-9-4-10-18-29/h3-27H,1-2H3/b25-23+,26-24+. The van der Waals surface area contributed by atoms with Crippen LogP contribution in [0.5, 0.6) is 0 Å². The number of hydrogen-bond donors (Lipinski definition) is 0. The van der Waals surface area contributed by atoms with E-state index >= 15 is 0 Å². The molecule has 1 saturated heterocycles. The van der Waals surface area contributed by atoms with Crippen molar-refractivity contribution < 1.29 is 4.79 Å². The van der Waals surface area contributed by atoms with Crippen LogP contribution in [-0.2, 0) is 10.2 Å². The minimum Gasteiger partial charge on any atom is -0.325 e. The zero-order valence-electron chi connectivity index (χ0n) is 20.8. The van der Waals surface area contributed by atoms with Crippen molar-refractivity contribution in [2.24, 2.45) is 0 Å². The molecule has 0 spiro atoms. The molecular weight excluding hydrogens is 438 g/mol. The Bertz CT molecular complexity index is 1270. The highest BCUT2D eigenvalue weighted by atomic mass is 16.2. The lowest BCUT2D eigenvalue weighted by Gasteiger charge is -2.65. The summed E-state index contributed by atoms with van der Waals surface area (Å²) in [5, 5.41) is 0. The van der Waals surface area contributed by atoms with Gasteiger partial charge in [-0.15, -0.1) is 0 Å². The Kier molecular flexibility index (Phi) is 6.43. The first kappa shape index (κ1) is 23.6. The maximum atomic E-state index is 14.4. The quantitative estimate of drug-likeness (QED) is 0.258. The molecule has 5 rings (SSSR count). The summed E-state index contributed by atoms with van der Waals surface area (Å²) in [5.41, 5.74) is 2.58. The molecule has 0 N–H and O–H groups in total. The fourth-order valence-electron chi connectivity index (χ4n) is 5.60. The Hall–Kier alpha value is -4.17. The monoisotopic (exact) mass is 469 g/mol. The summed E-state index contributed by atoms with van der Waals surface area (Å²) in [6, 6.07) is 41.1. The van der Waals surface area contributed by atoms with E-state index in [2.05, 4.69) is 86.7 Å².